The zero-order chi connectivity index (χ0) is 20.2. The minimum Gasteiger partial charge on any atom is -0.468 e. The lowest BCUT2D eigenvalue weighted by molar-refractivity contribution is 0.0118. The van der Waals surface area contributed by atoms with Crippen molar-refractivity contribution in [3.63, 3.8) is 0 Å². The summed E-state index contributed by atoms with van der Waals surface area (Å²) >= 11 is 0. The third kappa shape index (κ3) is 4.23. The largest absolute Gasteiger partial charge is 0.468 e. The third-order valence-electron chi connectivity index (χ3n) is 5.01. The molecule has 0 spiro atoms. The number of carbonyl (C=O) groups is 1. The van der Waals surface area contributed by atoms with Crippen LogP contribution in [0.1, 0.15) is 28.0 Å². The minimum absolute atomic E-state index is 0.0902. The number of hydrogen-bond donors (Lipinski definition) is 1. The number of halogens is 1. The lowest BCUT2D eigenvalue weighted by Crippen LogP contribution is -2.43. The molecule has 29 heavy (non-hydrogen) atoms. The number of nitrogens with one attached hydrogen (secondary N) is 1. The van der Waals surface area contributed by atoms with Crippen LogP contribution in [0.25, 0.3) is 5.69 Å². The minimum atomic E-state index is -0.393. The number of furan rings is 1. The van der Waals surface area contributed by atoms with Gasteiger partial charge in [-0.2, -0.15) is 5.10 Å². The molecule has 1 N–H and O–H groups in total. The zero-order valence-electron chi connectivity index (χ0n) is 16.2. The average Bonchev–Trinajstić information content (AvgIpc) is 3.39. The molecule has 1 aromatic carbocycles. The summed E-state index contributed by atoms with van der Waals surface area (Å²) < 4.78 is 26.5. The van der Waals surface area contributed by atoms with Crippen molar-refractivity contribution in [3.8, 4) is 5.69 Å². The standard InChI is InChI=1S/C21H23FN4O3/c1-15-13-17(24-26(15)18-6-3-2-5-16(18)22)21(27)23-14-19(20-7-4-10-29-20)25-8-11-28-12-9-25/h2-7,10,13,19H,8-9,11-12,14H2,1H3,(H,23,27). The number of hydrogen-bond acceptors (Lipinski definition) is 5. The van der Waals surface area contributed by atoms with Gasteiger partial charge < -0.3 is 14.5 Å². The first-order valence-corrected chi connectivity index (χ1v) is 9.58. The fourth-order valence-corrected chi connectivity index (χ4v) is 3.51. The van der Waals surface area contributed by atoms with Crippen LogP contribution in [0.4, 0.5) is 4.39 Å². The van der Waals surface area contributed by atoms with Gasteiger partial charge in [0.15, 0.2) is 5.69 Å². The summed E-state index contributed by atoms with van der Waals surface area (Å²) in [6, 6.07) is 11.6. The summed E-state index contributed by atoms with van der Waals surface area (Å²) in [4.78, 5) is 15.0. The van der Waals surface area contributed by atoms with Crippen LogP contribution in [0.15, 0.2) is 53.1 Å². The summed E-state index contributed by atoms with van der Waals surface area (Å²) in [5.74, 6) is 0.0872. The predicted octanol–water partition coefficient (Wildman–Crippen LogP) is 2.72. The van der Waals surface area contributed by atoms with E-state index in [0.717, 1.165) is 18.8 Å². The van der Waals surface area contributed by atoms with Crippen LogP contribution in [-0.4, -0.2) is 53.4 Å². The monoisotopic (exact) mass is 398 g/mol. The van der Waals surface area contributed by atoms with E-state index in [1.54, 1.807) is 37.5 Å². The molecule has 152 valence electrons. The van der Waals surface area contributed by atoms with E-state index in [1.165, 1.54) is 10.7 Å². The zero-order valence-corrected chi connectivity index (χ0v) is 16.2. The van der Waals surface area contributed by atoms with Gasteiger partial charge in [0.05, 0.1) is 25.5 Å². The normalized spacial score (nSPS) is 15.9. The van der Waals surface area contributed by atoms with Crippen LogP contribution >= 0.6 is 0 Å². The van der Waals surface area contributed by atoms with Crippen molar-refractivity contribution >= 4 is 5.91 Å². The highest BCUT2D eigenvalue weighted by Gasteiger charge is 2.26. The molecule has 0 bridgehead atoms. The van der Waals surface area contributed by atoms with Gasteiger partial charge in [0, 0.05) is 25.3 Å². The Hall–Kier alpha value is -2.97. The van der Waals surface area contributed by atoms with E-state index in [1.807, 2.05) is 12.1 Å². The molecule has 4 rings (SSSR count). The molecule has 0 aliphatic carbocycles. The molecule has 2 aromatic heterocycles. The Labute approximate surface area is 168 Å². The van der Waals surface area contributed by atoms with Crippen molar-refractivity contribution in [1.82, 2.24) is 20.0 Å². The molecule has 0 saturated carbocycles. The summed E-state index contributed by atoms with van der Waals surface area (Å²) in [6.45, 7) is 4.99. The highest BCUT2D eigenvalue weighted by atomic mass is 19.1. The Bertz CT molecular complexity index is 964. The molecule has 3 heterocycles. The molecule has 1 aliphatic rings. The number of aromatic nitrogens is 2. The molecule has 3 aromatic rings. The van der Waals surface area contributed by atoms with Crippen molar-refractivity contribution in [3.05, 3.63) is 71.7 Å². The van der Waals surface area contributed by atoms with Crippen LogP contribution in [-0.2, 0) is 4.74 Å². The van der Waals surface area contributed by atoms with Gasteiger partial charge in [0.2, 0.25) is 0 Å². The number of nitrogens with zero attached hydrogens (tertiary/aromatic N) is 3. The van der Waals surface area contributed by atoms with Crippen molar-refractivity contribution in [2.75, 3.05) is 32.8 Å². The van der Waals surface area contributed by atoms with Gasteiger partial charge in [0.25, 0.3) is 5.91 Å². The average molecular weight is 398 g/mol. The highest BCUT2D eigenvalue weighted by Crippen LogP contribution is 2.22. The molecule has 0 radical (unpaired) electrons. The van der Waals surface area contributed by atoms with E-state index in [-0.39, 0.29) is 17.6 Å². The van der Waals surface area contributed by atoms with E-state index in [4.69, 9.17) is 9.15 Å². The summed E-state index contributed by atoms with van der Waals surface area (Å²) in [6.07, 6.45) is 1.63. The molecule has 1 aliphatic heterocycles. The van der Waals surface area contributed by atoms with Gasteiger partial charge in [-0.1, -0.05) is 12.1 Å². The molecule has 1 atom stereocenters. The van der Waals surface area contributed by atoms with Gasteiger partial charge in [-0.25, -0.2) is 9.07 Å². The fourth-order valence-electron chi connectivity index (χ4n) is 3.51. The molecule has 7 nitrogen and oxygen atoms in total. The fraction of sp³-hybridized carbons (Fsp3) is 0.333. The first-order valence-electron chi connectivity index (χ1n) is 9.58. The van der Waals surface area contributed by atoms with Crippen molar-refractivity contribution in [1.29, 1.82) is 0 Å². The first kappa shape index (κ1) is 19.4. The van der Waals surface area contributed by atoms with Crippen LogP contribution in [0.5, 0.6) is 0 Å². The number of amides is 1. The quantitative estimate of drug-likeness (QED) is 0.691. The number of para-hydroxylation sites is 1. The number of morpholine rings is 1. The summed E-state index contributed by atoms with van der Waals surface area (Å²) in [5.41, 5.74) is 1.23. The van der Waals surface area contributed by atoms with E-state index in [0.29, 0.717) is 31.1 Å². The second-order valence-electron chi connectivity index (χ2n) is 6.92. The number of benzene rings is 1. The highest BCUT2D eigenvalue weighted by molar-refractivity contribution is 5.92. The molecular weight excluding hydrogens is 375 g/mol. The second kappa shape index (κ2) is 8.59. The Morgan fingerprint density at radius 1 is 1.24 bits per heavy atom. The molecule has 1 amide bonds. The topological polar surface area (TPSA) is 72.5 Å². The number of carbonyl (C=O) groups excluding carboxylic acids is 1. The van der Waals surface area contributed by atoms with E-state index >= 15 is 0 Å². The van der Waals surface area contributed by atoms with E-state index in [2.05, 4.69) is 15.3 Å². The molecule has 1 unspecified atom stereocenters. The molecule has 1 saturated heterocycles. The maximum Gasteiger partial charge on any atom is 0.271 e. The lowest BCUT2D eigenvalue weighted by Gasteiger charge is -2.33. The van der Waals surface area contributed by atoms with Crippen LogP contribution < -0.4 is 5.32 Å². The van der Waals surface area contributed by atoms with Crippen molar-refractivity contribution in [2.24, 2.45) is 0 Å². The summed E-state index contributed by atoms with van der Waals surface area (Å²) in [5, 5.41) is 7.24. The van der Waals surface area contributed by atoms with Gasteiger partial charge >= 0.3 is 0 Å². The predicted molar refractivity (Wildman–Crippen MR) is 104 cm³/mol. The van der Waals surface area contributed by atoms with Crippen LogP contribution in [0, 0.1) is 12.7 Å². The maximum atomic E-state index is 14.1. The Kier molecular flexibility index (Phi) is 5.73. The van der Waals surface area contributed by atoms with Gasteiger partial charge in [-0.3, -0.25) is 9.69 Å². The van der Waals surface area contributed by atoms with Gasteiger partial charge in [-0.05, 0) is 37.3 Å². The third-order valence-corrected chi connectivity index (χ3v) is 5.01. The van der Waals surface area contributed by atoms with Crippen molar-refractivity contribution < 1.29 is 18.3 Å². The SMILES string of the molecule is Cc1cc(C(=O)NCC(c2ccco2)N2CCOCC2)nn1-c1ccccc1F. The Morgan fingerprint density at radius 2 is 2.03 bits per heavy atom. The summed E-state index contributed by atoms with van der Waals surface area (Å²) in [7, 11) is 0. The Balaban J connectivity index is 1.49. The Morgan fingerprint density at radius 3 is 2.76 bits per heavy atom. The lowest BCUT2D eigenvalue weighted by atomic mass is 10.1. The van der Waals surface area contributed by atoms with Gasteiger partial charge in [-0.15, -0.1) is 0 Å². The van der Waals surface area contributed by atoms with Crippen molar-refractivity contribution in [2.45, 2.75) is 13.0 Å². The number of ether oxygens (including phenoxy) is 1. The molecule has 1 fully saturated rings. The maximum absolute atomic E-state index is 14.1. The molecule has 8 heteroatoms. The number of aryl methyl sites for hydroxylation is 1. The number of rotatable bonds is 6. The van der Waals surface area contributed by atoms with Crippen LogP contribution in [0.3, 0.4) is 0 Å². The van der Waals surface area contributed by atoms with Crippen LogP contribution in [0.2, 0.25) is 0 Å². The smallest absolute Gasteiger partial charge is 0.271 e. The second-order valence-corrected chi connectivity index (χ2v) is 6.92. The van der Waals surface area contributed by atoms with Gasteiger partial charge in [0.1, 0.15) is 17.3 Å². The van der Waals surface area contributed by atoms with E-state index in [9.17, 15) is 9.18 Å². The van der Waals surface area contributed by atoms with E-state index < -0.39 is 5.82 Å². The molecular formula is C21H23FN4O3. The first-order chi connectivity index (χ1) is 14.1.